The molecular formula is C20H14Cl2N2O2. The molecule has 2 N–H and O–H groups in total. The molecule has 0 aliphatic carbocycles. The highest BCUT2D eigenvalue weighted by molar-refractivity contribution is 6.31. The molecule has 0 saturated carbocycles. The first-order chi connectivity index (χ1) is 12.5. The third kappa shape index (κ3) is 4.42. The molecule has 2 amide bonds. The van der Waals surface area contributed by atoms with Crippen molar-refractivity contribution in [3.05, 3.63) is 94.0 Å². The summed E-state index contributed by atoms with van der Waals surface area (Å²) in [7, 11) is 0. The number of amides is 2. The molecule has 0 spiro atoms. The second kappa shape index (κ2) is 8.04. The number of nitrogens with one attached hydrogen (secondary N) is 2. The van der Waals surface area contributed by atoms with Gasteiger partial charge in [0, 0.05) is 21.2 Å². The molecule has 3 rings (SSSR count). The van der Waals surface area contributed by atoms with Gasteiger partial charge in [-0.1, -0.05) is 35.3 Å². The minimum atomic E-state index is -0.296. The van der Waals surface area contributed by atoms with Crippen LogP contribution in [0.1, 0.15) is 20.7 Å². The minimum absolute atomic E-state index is 0.296. The second-order valence-electron chi connectivity index (χ2n) is 5.47. The Morgan fingerprint density at radius 3 is 1.27 bits per heavy atom. The summed E-state index contributed by atoms with van der Waals surface area (Å²) in [6.45, 7) is 0. The van der Waals surface area contributed by atoms with Crippen LogP contribution in [0.4, 0.5) is 11.4 Å². The molecule has 0 bridgehead atoms. The van der Waals surface area contributed by atoms with E-state index in [0.29, 0.717) is 32.5 Å². The highest BCUT2D eigenvalue weighted by Gasteiger charge is 2.12. The van der Waals surface area contributed by atoms with E-state index in [2.05, 4.69) is 10.6 Å². The van der Waals surface area contributed by atoms with Crippen molar-refractivity contribution in [2.45, 2.75) is 0 Å². The molecule has 0 radical (unpaired) electrons. The van der Waals surface area contributed by atoms with Gasteiger partial charge in [0.25, 0.3) is 11.8 Å². The summed E-state index contributed by atoms with van der Waals surface area (Å²) in [6, 6.07) is 20.1. The van der Waals surface area contributed by atoms with Crippen LogP contribution in [0.25, 0.3) is 0 Å². The van der Waals surface area contributed by atoms with Gasteiger partial charge in [0.15, 0.2) is 0 Å². The minimum Gasteiger partial charge on any atom is -0.320 e. The maximum absolute atomic E-state index is 12.4. The second-order valence-corrected chi connectivity index (χ2v) is 6.34. The van der Waals surface area contributed by atoms with Gasteiger partial charge in [0.1, 0.15) is 0 Å². The fraction of sp³-hybridized carbons (Fsp3) is 0. The van der Waals surface area contributed by atoms with E-state index in [1.54, 1.807) is 72.8 Å². The van der Waals surface area contributed by atoms with Crippen molar-refractivity contribution in [1.82, 2.24) is 0 Å². The molecule has 0 saturated heterocycles. The van der Waals surface area contributed by atoms with E-state index < -0.39 is 0 Å². The number of hydrogen-bond acceptors (Lipinski definition) is 2. The van der Waals surface area contributed by atoms with E-state index in [4.69, 9.17) is 23.2 Å². The SMILES string of the molecule is O=C(Nc1ccccc1NC(=O)c1ccc(Cl)cc1)c1ccc(Cl)cc1. The number of benzene rings is 3. The summed E-state index contributed by atoms with van der Waals surface area (Å²) in [5.41, 5.74) is 1.92. The zero-order chi connectivity index (χ0) is 18.5. The Bertz CT molecular complexity index is 860. The van der Waals surface area contributed by atoms with E-state index in [1.807, 2.05) is 0 Å². The standard InChI is InChI=1S/C20H14Cl2N2O2/c21-15-9-5-13(6-10-15)19(25)23-17-3-1-2-4-18(17)24-20(26)14-7-11-16(22)12-8-14/h1-12H,(H,23,25)(H,24,26). The van der Waals surface area contributed by atoms with Crippen molar-refractivity contribution in [2.75, 3.05) is 10.6 Å². The maximum Gasteiger partial charge on any atom is 0.255 e. The lowest BCUT2D eigenvalue weighted by atomic mass is 10.2. The normalized spacial score (nSPS) is 10.2. The number of anilines is 2. The summed E-state index contributed by atoms with van der Waals surface area (Å²) < 4.78 is 0. The molecule has 0 unspecified atom stereocenters. The van der Waals surface area contributed by atoms with Crippen LogP contribution >= 0.6 is 23.2 Å². The van der Waals surface area contributed by atoms with Gasteiger partial charge >= 0.3 is 0 Å². The quantitative estimate of drug-likeness (QED) is 0.623. The zero-order valence-electron chi connectivity index (χ0n) is 13.5. The van der Waals surface area contributed by atoms with Crippen LogP contribution in [0.5, 0.6) is 0 Å². The summed E-state index contributed by atoms with van der Waals surface area (Å²) in [4.78, 5) is 24.8. The third-order valence-electron chi connectivity index (χ3n) is 3.64. The van der Waals surface area contributed by atoms with Crippen LogP contribution in [0, 0.1) is 0 Å². The Balaban J connectivity index is 1.77. The van der Waals surface area contributed by atoms with E-state index in [0.717, 1.165) is 0 Å². The third-order valence-corrected chi connectivity index (χ3v) is 4.14. The Hall–Kier alpha value is -2.82. The fourth-order valence-corrected chi connectivity index (χ4v) is 2.54. The lowest BCUT2D eigenvalue weighted by molar-refractivity contribution is 0.101. The van der Waals surface area contributed by atoms with Crippen LogP contribution < -0.4 is 10.6 Å². The Morgan fingerprint density at radius 2 is 0.923 bits per heavy atom. The van der Waals surface area contributed by atoms with E-state index in [-0.39, 0.29) is 11.8 Å². The van der Waals surface area contributed by atoms with Crippen molar-refractivity contribution >= 4 is 46.4 Å². The van der Waals surface area contributed by atoms with Crippen LogP contribution in [0.15, 0.2) is 72.8 Å². The van der Waals surface area contributed by atoms with Crippen molar-refractivity contribution < 1.29 is 9.59 Å². The number of halogens is 2. The van der Waals surface area contributed by atoms with Crippen LogP contribution in [0.3, 0.4) is 0 Å². The van der Waals surface area contributed by atoms with E-state index >= 15 is 0 Å². The molecule has 6 heteroatoms. The molecule has 3 aromatic rings. The van der Waals surface area contributed by atoms with Crippen LogP contribution in [0.2, 0.25) is 10.0 Å². The Kier molecular flexibility index (Phi) is 5.56. The summed E-state index contributed by atoms with van der Waals surface area (Å²) >= 11 is 11.7. The molecule has 0 aliphatic rings. The first-order valence-corrected chi connectivity index (χ1v) is 8.51. The predicted octanol–water partition coefficient (Wildman–Crippen LogP) is 5.50. The zero-order valence-corrected chi connectivity index (χ0v) is 15.0. The number of para-hydroxylation sites is 2. The van der Waals surface area contributed by atoms with Gasteiger partial charge in [-0.05, 0) is 60.7 Å². The van der Waals surface area contributed by atoms with Gasteiger partial charge < -0.3 is 10.6 Å². The maximum atomic E-state index is 12.4. The average Bonchev–Trinajstić information content (AvgIpc) is 2.64. The van der Waals surface area contributed by atoms with Gasteiger partial charge in [-0.15, -0.1) is 0 Å². The summed E-state index contributed by atoms with van der Waals surface area (Å²) in [5, 5.41) is 6.69. The van der Waals surface area contributed by atoms with Crippen molar-refractivity contribution in [3.8, 4) is 0 Å². The number of carbonyl (C=O) groups is 2. The molecule has 3 aromatic carbocycles. The van der Waals surface area contributed by atoms with E-state index in [1.165, 1.54) is 0 Å². The number of carbonyl (C=O) groups excluding carboxylic acids is 2. The van der Waals surface area contributed by atoms with Crippen LogP contribution in [-0.4, -0.2) is 11.8 Å². The van der Waals surface area contributed by atoms with Gasteiger partial charge in [0.05, 0.1) is 11.4 Å². The first-order valence-electron chi connectivity index (χ1n) is 7.76. The van der Waals surface area contributed by atoms with Gasteiger partial charge in [-0.3, -0.25) is 9.59 Å². The van der Waals surface area contributed by atoms with Gasteiger partial charge in [-0.2, -0.15) is 0 Å². The first kappa shape index (κ1) is 18.0. The van der Waals surface area contributed by atoms with Crippen molar-refractivity contribution in [1.29, 1.82) is 0 Å². The largest absolute Gasteiger partial charge is 0.320 e. The van der Waals surface area contributed by atoms with Crippen molar-refractivity contribution in [3.63, 3.8) is 0 Å². The predicted molar refractivity (Wildman–Crippen MR) is 105 cm³/mol. The molecule has 130 valence electrons. The molecule has 4 nitrogen and oxygen atoms in total. The topological polar surface area (TPSA) is 58.2 Å². The molecule has 0 heterocycles. The monoisotopic (exact) mass is 384 g/mol. The molecule has 0 atom stereocenters. The molecule has 0 fully saturated rings. The number of hydrogen-bond donors (Lipinski definition) is 2. The smallest absolute Gasteiger partial charge is 0.255 e. The molecule has 26 heavy (non-hydrogen) atoms. The van der Waals surface area contributed by atoms with Crippen LogP contribution in [-0.2, 0) is 0 Å². The Labute approximate surface area is 160 Å². The average molecular weight is 385 g/mol. The Morgan fingerprint density at radius 1 is 0.577 bits per heavy atom. The number of rotatable bonds is 4. The summed E-state index contributed by atoms with van der Waals surface area (Å²) in [6.07, 6.45) is 0. The van der Waals surface area contributed by atoms with Crippen molar-refractivity contribution in [2.24, 2.45) is 0 Å². The molecule has 0 aromatic heterocycles. The van der Waals surface area contributed by atoms with Gasteiger partial charge in [0.2, 0.25) is 0 Å². The van der Waals surface area contributed by atoms with Gasteiger partial charge in [-0.25, -0.2) is 0 Å². The highest BCUT2D eigenvalue weighted by Crippen LogP contribution is 2.23. The molecular weight excluding hydrogens is 371 g/mol. The van der Waals surface area contributed by atoms with E-state index in [9.17, 15) is 9.59 Å². The summed E-state index contributed by atoms with van der Waals surface area (Å²) in [5.74, 6) is -0.593. The lowest BCUT2D eigenvalue weighted by Crippen LogP contribution is -2.16. The highest BCUT2D eigenvalue weighted by atomic mass is 35.5. The molecule has 0 aliphatic heterocycles. The lowest BCUT2D eigenvalue weighted by Gasteiger charge is -2.12. The fourth-order valence-electron chi connectivity index (χ4n) is 2.29.